The standard InChI is InChI=1S/C13H11N3O4/c14-7-3-1-2-6-10(7)13(20)16(12(6)19)8-4-5-9(17)15-11(8)18/h1-3,8H,4-5,14H2,(H,15,17,18)/i4D. The number of amides is 4. The van der Waals surface area contributed by atoms with Gasteiger partial charge >= 0.3 is 0 Å². The average molecular weight is 274 g/mol. The summed E-state index contributed by atoms with van der Waals surface area (Å²) in [5.41, 5.74) is 6.00. The number of nitrogens with zero attached hydrogens (tertiary/aromatic N) is 1. The van der Waals surface area contributed by atoms with Crippen molar-refractivity contribution in [3.8, 4) is 0 Å². The van der Waals surface area contributed by atoms with E-state index in [0.717, 1.165) is 4.90 Å². The smallest absolute Gasteiger partial charge is 0.264 e. The molecule has 102 valence electrons. The van der Waals surface area contributed by atoms with Crippen LogP contribution in [0.2, 0.25) is 0 Å². The van der Waals surface area contributed by atoms with Crippen LogP contribution in [0.1, 0.15) is 34.9 Å². The minimum absolute atomic E-state index is 0.0411. The highest BCUT2D eigenvalue weighted by atomic mass is 16.2. The summed E-state index contributed by atoms with van der Waals surface area (Å²) in [6.45, 7) is 0. The molecule has 4 amide bonds. The Hall–Kier alpha value is -2.70. The molecule has 7 heteroatoms. The van der Waals surface area contributed by atoms with E-state index in [2.05, 4.69) is 0 Å². The molecule has 3 N–H and O–H groups in total. The van der Waals surface area contributed by atoms with Crippen LogP contribution in [0.4, 0.5) is 5.69 Å². The van der Waals surface area contributed by atoms with Crippen LogP contribution in [0.3, 0.4) is 0 Å². The normalized spacial score (nSPS) is 26.4. The average Bonchev–Trinajstić information content (AvgIpc) is 2.64. The lowest BCUT2D eigenvalue weighted by Gasteiger charge is -2.27. The van der Waals surface area contributed by atoms with Gasteiger partial charge < -0.3 is 5.73 Å². The van der Waals surface area contributed by atoms with Gasteiger partial charge in [0, 0.05) is 13.5 Å². The predicted octanol–water partition coefficient (Wildman–Crippen LogP) is -0.330. The Labute approximate surface area is 115 Å². The second kappa shape index (κ2) is 4.16. The molecule has 20 heavy (non-hydrogen) atoms. The van der Waals surface area contributed by atoms with Crippen LogP contribution < -0.4 is 11.1 Å². The number of carbonyl (C=O) groups is 4. The molecule has 1 saturated heterocycles. The molecule has 1 aromatic carbocycles. The van der Waals surface area contributed by atoms with Crippen molar-refractivity contribution >= 4 is 29.3 Å². The Morgan fingerprint density at radius 1 is 1.25 bits per heavy atom. The third kappa shape index (κ3) is 1.59. The maximum Gasteiger partial charge on any atom is 0.264 e. The van der Waals surface area contributed by atoms with Crippen molar-refractivity contribution in [2.45, 2.75) is 18.9 Å². The number of nitrogens with one attached hydrogen (secondary N) is 1. The molecule has 3 rings (SSSR count). The number of rotatable bonds is 1. The van der Waals surface area contributed by atoms with Gasteiger partial charge in [0.05, 0.1) is 11.1 Å². The van der Waals surface area contributed by atoms with Gasteiger partial charge in [-0.1, -0.05) is 6.07 Å². The molecule has 2 atom stereocenters. The molecule has 7 nitrogen and oxygen atoms in total. The van der Waals surface area contributed by atoms with E-state index in [0.29, 0.717) is 0 Å². The molecule has 0 saturated carbocycles. The second-order valence-electron chi connectivity index (χ2n) is 4.55. The number of carbonyl (C=O) groups excluding carboxylic acids is 4. The van der Waals surface area contributed by atoms with Gasteiger partial charge in [0.1, 0.15) is 6.04 Å². The van der Waals surface area contributed by atoms with Gasteiger partial charge in [0.25, 0.3) is 11.8 Å². The van der Waals surface area contributed by atoms with Crippen molar-refractivity contribution in [2.24, 2.45) is 0 Å². The lowest BCUT2D eigenvalue weighted by molar-refractivity contribution is -0.136. The maximum atomic E-state index is 12.4. The number of nitrogen functional groups attached to an aromatic ring is 1. The van der Waals surface area contributed by atoms with E-state index in [4.69, 9.17) is 7.10 Å². The van der Waals surface area contributed by atoms with Crippen LogP contribution in [0.25, 0.3) is 0 Å². The summed E-state index contributed by atoms with van der Waals surface area (Å²) in [5, 5.41) is 2.04. The zero-order valence-corrected chi connectivity index (χ0v) is 10.3. The molecule has 2 aliphatic heterocycles. The van der Waals surface area contributed by atoms with Crippen molar-refractivity contribution in [3.63, 3.8) is 0 Å². The van der Waals surface area contributed by atoms with E-state index in [-0.39, 0.29) is 23.2 Å². The Bertz CT molecular complexity index is 703. The molecule has 2 heterocycles. The summed E-state index contributed by atoms with van der Waals surface area (Å²) >= 11 is 0. The van der Waals surface area contributed by atoms with E-state index in [1.165, 1.54) is 18.2 Å². The van der Waals surface area contributed by atoms with Gasteiger partial charge in [-0.3, -0.25) is 29.4 Å². The number of fused-ring (bicyclic) bond motifs is 1. The predicted molar refractivity (Wildman–Crippen MR) is 67.5 cm³/mol. The Kier molecular flexibility index (Phi) is 2.32. The Morgan fingerprint density at radius 3 is 2.65 bits per heavy atom. The molecule has 0 spiro atoms. The zero-order valence-electron chi connectivity index (χ0n) is 11.3. The quantitative estimate of drug-likeness (QED) is 0.538. The third-order valence-corrected chi connectivity index (χ3v) is 3.31. The van der Waals surface area contributed by atoms with Crippen LogP contribution in [-0.2, 0) is 9.59 Å². The highest BCUT2D eigenvalue weighted by Gasteiger charge is 2.45. The number of benzene rings is 1. The highest BCUT2D eigenvalue weighted by Crippen LogP contribution is 2.30. The monoisotopic (exact) mass is 274 g/mol. The second-order valence-corrected chi connectivity index (χ2v) is 4.55. The topological polar surface area (TPSA) is 110 Å². The minimum Gasteiger partial charge on any atom is -0.398 e. The van der Waals surface area contributed by atoms with Gasteiger partial charge in [0.2, 0.25) is 11.8 Å². The minimum atomic E-state index is -1.32. The summed E-state index contributed by atoms with van der Waals surface area (Å²) < 4.78 is 7.84. The highest BCUT2D eigenvalue weighted by molar-refractivity contribution is 6.25. The van der Waals surface area contributed by atoms with Crippen LogP contribution >= 0.6 is 0 Å². The fourth-order valence-corrected chi connectivity index (χ4v) is 2.39. The first-order valence-electron chi connectivity index (χ1n) is 6.52. The lowest BCUT2D eigenvalue weighted by atomic mass is 10.0. The van der Waals surface area contributed by atoms with Crippen molar-refractivity contribution in [1.82, 2.24) is 10.2 Å². The van der Waals surface area contributed by atoms with Crippen molar-refractivity contribution < 1.29 is 20.5 Å². The van der Waals surface area contributed by atoms with E-state index < -0.39 is 36.1 Å². The summed E-state index contributed by atoms with van der Waals surface area (Å²) in [7, 11) is 0. The number of nitrogens with two attached hydrogens (primary N) is 1. The van der Waals surface area contributed by atoms with Gasteiger partial charge in [-0.05, 0) is 18.5 Å². The summed E-state index contributed by atoms with van der Waals surface area (Å²) in [6.07, 6.45) is -1.44. The van der Waals surface area contributed by atoms with Gasteiger partial charge in [0.15, 0.2) is 0 Å². The van der Waals surface area contributed by atoms with E-state index in [1.807, 2.05) is 5.32 Å². The molecule has 1 aromatic rings. The number of hydrogen-bond donors (Lipinski definition) is 2. The summed E-state index contributed by atoms with van der Waals surface area (Å²) in [6, 6.07) is 3.13. The van der Waals surface area contributed by atoms with E-state index >= 15 is 0 Å². The first kappa shape index (κ1) is 11.2. The van der Waals surface area contributed by atoms with Crippen LogP contribution in [0.15, 0.2) is 18.2 Å². The third-order valence-electron chi connectivity index (χ3n) is 3.31. The summed E-state index contributed by atoms with van der Waals surface area (Å²) in [5.74, 6) is -2.79. The fourth-order valence-electron chi connectivity index (χ4n) is 2.39. The number of hydrogen-bond acceptors (Lipinski definition) is 5. The fraction of sp³-hybridized carbons (Fsp3) is 0.231. The van der Waals surface area contributed by atoms with Gasteiger partial charge in [-0.2, -0.15) is 0 Å². The van der Waals surface area contributed by atoms with Crippen LogP contribution in [0, 0.1) is 0 Å². The molecule has 0 radical (unpaired) electrons. The molecule has 2 unspecified atom stereocenters. The first-order chi connectivity index (χ1) is 9.91. The number of imide groups is 2. The SMILES string of the molecule is [2H]C1CC(=O)NC(=O)C1N1C(=O)c2cccc(N)c2C1=O. The Balaban J connectivity index is 2.04. The molecular formula is C13H11N3O4. The van der Waals surface area contributed by atoms with Crippen LogP contribution in [-0.4, -0.2) is 34.6 Å². The molecule has 0 aliphatic carbocycles. The maximum absolute atomic E-state index is 12.4. The summed E-state index contributed by atoms with van der Waals surface area (Å²) in [4.78, 5) is 48.6. The molecule has 1 fully saturated rings. The molecule has 2 aliphatic rings. The largest absolute Gasteiger partial charge is 0.398 e. The molecular weight excluding hydrogens is 262 g/mol. The molecule has 0 aromatic heterocycles. The van der Waals surface area contributed by atoms with Crippen molar-refractivity contribution in [1.29, 1.82) is 0 Å². The molecule has 0 bridgehead atoms. The van der Waals surface area contributed by atoms with E-state index in [9.17, 15) is 19.2 Å². The Morgan fingerprint density at radius 2 is 2.00 bits per heavy atom. The zero-order chi connectivity index (χ0) is 15.3. The van der Waals surface area contributed by atoms with Gasteiger partial charge in [-0.25, -0.2) is 0 Å². The number of anilines is 1. The first-order valence-corrected chi connectivity index (χ1v) is 5.94. The van der Waals surface area contributed by atoms with E-state index in [1.54, 1.807) is 0 Å². The van der Waals surface area contributed by atoms with Gasteiger partial charge in [-0.15, -0.1) is 0 Å². The van der Waals surface area contributed by atoms with Crippen LogP contribution in [0.5, 0.6) is 0 Å². The number of piperidine rings is 1. The lowest BCUT2D eigenvalue weighted by Crippen LogP contribution is -2.54. The van der Waals surface area contributed by atoms with Crippen molar-refractivity contribution in [3.05, 3.63) is 29.3 Å². The van der Waals surface area contributed by atoms with Crippen molar-refractivity contribution in [2.75, 3.05) is 5.73 Å².